The smallest absolute Gasteiger partial charge is 0.336 e. The van der Waals surface area contributed by atoms with Crippen molar-refractivity contribution in [2.45, 2.75) is 44.7 Å². The minimum Gasteiger partial charge on any atom is -0.478 e. The van der Waals surface area contributed by atoms with E-state index < -0.39 is 5.97 Å². The molecule has 20 heavy (non-hydrogen) atoms. The Hall–Kier alpha value is -1.42. The number of fused-ring (bicyclic) bond motifs is 1. The number of rotatable bonds is 3. The number of carbonyl (C=O) groups is 1. The number of carboxylic acids is 1. The Bertz CT molecular complexity index is 517. The van der Waals surface area contributed by atoms with Gasteiger partial charge >= 0.3 is 5.97 Å². The fourth-order valence-electron chi connectivity index (χ4n) is 3.82. The zero-order chi connectivity index (χ0) is 14.1. The molecule has 2 fully saturated rings. The van der Waals surface area contributed by atoms with E-state index in [1.165, 1.54) is 50.3 Å². The molecule has 0 amide bonds. The van der Waals surface area contributed by atoms with Crippen molar-refractivity contribution in [1.82, 2.24) is 4.90 Å². The van der Waals surface area contributed by atoms with Gasteiger partial charge in [-0.15, -0.1) is 0 Å². The Morgan fingerprint density at radius 2 is 2.10 bits per heavy atom. The molecule has 1 aliphatic heterocycles. The van der Waals surface area contributed by atoms with E-state index in [0.717, 1.165) is 12.5 Å². The molecule has 1 aromatic rings. The van der Waals surface area contributed by atoms with Gasteiger partial charge in [0.25, 0.3) is 0 Å². The highest BCUT2D eigenvalue weighted by atomic mass is 19.1. The number of halogens is 1. The van der Waals surface area contributed by atoms with E-state index in [9.17, 15) is 14.3 Å². The summed E-state index contributed by atoms with van der Waals surface area (Å²) < 4.78 is 13.4. The molecule has 108 valence electrons. The Morgan fingerprint density at radius 1 is 1.30 bits per heavy atom. The van der Waals surface area contributed by atoms with Gasteiger partial charge in [0, 0.05) is 12.6 Å². The Kier molecular flexibility index (Phi) is 3.74. The van der Waals surface area contributed by atoms with Crippen LogP contribution in [0.3, 0.4) is 0 Å². The first-order valence-electron chi connectivity index (χ1n) is 7.41. The number of benzene rings is 1. The summed E-state index contributed by atoms with van der Waals surface area (Å²) in [6, 6.07) is 4.54. The van der Waals surface area contributed by atoms with Crippen LogP contribution in [0, 0.1) is 11.7 Å². The zero-order valence-electron chi connectivity index (χ0n) is 11.5. The van der Waals surface area contributed by atoms with E-state index in [2.05, 4.69) is 4.90 Å². The molecule has 0 spiro atoms. The minimum atomic E-state index is -0.973. The fourth-order valence-corrected chi connectivity index (χ4v) is 3.82. The van der Waals surface area contributed by atoms with Crippen LogP contribution in [0.2, 0.25) is 0 Å². The fraction of sp³-hybridized carbons (Fsp3) is 0.562. The van der Waals surface area contributed by atoms with Crippen LogP contribution in [0.25, 0.3) is 0 Å². The molecular weight excluding hydrogens is 257 g/mol. The molecule has 4 heteroatoms. The van der Waals surface area contributed by atoms with Crippen molar-refractivity contribution in [1.29, 1.82) is 0 Å². The van der Waals surface area contributed by atoms with Crippen LogP contribution in [-0.2, 0) is 6.54 Å². The van der Waals surface area contributed by atoms with Crippen LogP contribution < -0.4 is 0 Å². The SMILES string of the molecule is O=C(O)c1ccc(F)cc1CN1CCC2CCCCC21. The highest BCUT2D eigenvalue weighted by Gasteiger charge is 2.35. The van der Waals surface area contributed by atoms with Crippen molar-refractivity contribution < 1.29 is 14.3 Å². The largest absolute Gasteiger partial charge is 0.478 e. The van der Waals surface area contributed by atoms with Crippen molar-refractivity contribution >= 4 is 5.97 Å². The summed E-state index contributed by atoms with van der Waals surface area (Å²) in [7, 11) is 0. The first-order valence-corrected chi connectivity index (χ1v) is 7.41. The molecule has 1 N–H and O–H groups in total. The number of carboxylic acid groups (broad SMARTS) is 1. The van der Waals surface area contributed by atoms with Gasteiger partial charge in [0.15, 0.2) is 0 Å². The quantitative estimate of drug-likeness (QED) is 0.921. The van der Waals surface area contributed by atoms with Crippen molar-refractivity contribution in [3.8, 4) is 0 Å². The lowest BCUT2D eigenvalue weighted by molar-refractivity contribution is 0.0693. The number of nitrogens with zero attached hydrogens (tertiary/aromatic N) is 1. The van der Waals surface area contributed by atoms with Crippen molar-refractivity contribution in [3.63, 3.8) is 0 Å². The van der Waals surface area contributed by atoms with Crippen molar-refractivity contribution in [3.05, 3.63) is 35.1 Å². The van der Waals surface area contributed by atoms with Gasteiger partial charge in [-0.3, -0.25) is 4.90 Å². The van der Waals surface area contributed by atoms with E-state index in [4.69, 9.17) is 0 Å². The zero-order valence-corrected chi connectivity index (χ0v) is 11.5. The summed E-state index contributed by atoms with van der Waals surface area (Å²) in [6.45, 7) is 1.56. The molecule has 1 aromatic carbocycles. The first-order chi connectivity index (χ1) is 9.65. The molecule has 3 nitrogen and oxygen atoms in total. The number of hydrogen-bond donors (Lipinski definition) is 1. The lowest BCUT2D eigenvalue weighted by atomic mass is 9.85. The highest BCUT2D eigenvalue weighted by Crippen LogP contribution is 2.37. The topological polar surface area (TPSA) is 40.5 Å². The van der Waals surface area contributed by atoms with Gasteiger partial charge in [-0.25, -0.2) is 9.18 Å². The maximum atomic E-state index is 13.4. The second-order valence-electron chi connectivity index (χ2n) is 5.98. The predicted molar refractivity (Wildman–Crippen MR) is 74.1 cm³/mol. The monoisotopic (exact) mass is 277 g/mol. The van der Waals surface area contributed by atoms with E-state index in [1.807, 2.05) is 0 Å². The van der Waals surface area contributed by atoms with Crippen LogP contribution in [-0.4, -0.2) is 28.6 Å². The number of hydrogen-bond acceptors (Lipinski definition) is 2. The predicted octanol–water partition coefficient (Wildman–Crippen LogP) is 3.29. The summed E-state index contributed by atoms with van der Waals surface area (Å²) in [5, 5.41) is 9.22. The van der Waals surface area contributed by atoms with Gasteiger partial charge in [-0.2, -0.15) is 0 Å². The Morgan fingerprint density at radius 3 is 2.90 bits per heavy atom. The average Bonchev–Trinajstić information content (AvgIpc) is 2.82. The number of aromatic carboxylic acids is 1. The molecule has 2 unspecified atom stereocenters. The minimum absolute atomic E-state index is 0.227. The molecule has 1 aliphatic carbocycles. The molecule has 0 bridgehead atoms. The van der Waals surface area contributed by atoms with Crippen LogP contribution in [0.5, 0.6) is 0 Å². The molecule has 2 aliphatic rings. The van der Waals surface area contributed by atoms with E-state index in [0.29, 0.717) is 18.2 Å². The third-order valence-corrected chi connectivity index (χ3v) is 4.80. The normalized spacial score (nSPS) is 26.4. The molecule has 0 radical (unpaired) electrons. The van der Waals surface area contributed by atoms with E-state index >= 15 is 0 Å². The third-order valence-electron chi connectivity index (χ3n) is 4.80. The summed E-state index contributed by atoms with van der Waals surface area (Å²) in [5.74, 6) is -0.575. The van der Waals surface area contributed by atoms with Crippen LogP contribution >= 0.6 is 0 Å². The van der Waals surface area contributed by atoms with Crippen LogP contribution in [0.1, 0.15) is 48.0 Å². The second kappa shape index (κ2) is 5.52. The van der Waals surface area contributed by atoms with E-state index in [-0.39, 0.29) is 11.4 Å². The average molecular weight is 277 g/mol. The van der Waals surface area contributed by atoms with Gasteiger partial charge in [0.2, 0.25) is 0 Å². The van der Waals surface area contributed by atoms with Gasteiger partial charge in [-0.05, 0) is 55.5 Å². The van der Waals surface area contributed by atoms with E-state index in [1.54, 1.807) is 0 Å². The maximum absolute atomic E-state index is 13.4. The second-order valence-corrected chi connectivity index (χ2v) is 5.98. The van der Waals surface area contributed by atoms with Gasteiger partial charge in [-0.1, -0.05) is 12.8 Å². The Balaban J connectivity index is 1.80. The first kappa shape index (κ1) is 13.6. The van der Waals surface area contributed by atoms with Gasteiger partial charge in [0.05, 0.1) is 5.56 Å². The number of likely N-dealkylation sites (tertiary alicyclic amines) is 1. The molecule has 3 rings (SSSR count). The highest BCUT2D eigenvalue weighted by molar-refractivity contribution is 5.89. The van der Waals surface area contributed by atoms with Crippen molar-refractivity contribution in [2.24, 2.45) is 5.92 Å². The Labute approximate surface area is 118 Å². The van der Waals surface area contributed by atoms with Crippen molar-refractivity contribution in [2.75, 3.05) is 6.54 Å². The lowest BCUT2D eigenvalue weighted by Crippen LogP contribution is -2.34. The summed E-state index contributed by atoms with van der Waals surface area (Å²) >= 11 is 0. The molecule has 1 saturated carbocycles. The summed E-state index contributed by atoms with van der Waals surface area (Å²) in [6.07, 6.45) is 6.25. The summed E-state index contributed by atoms with van der Waals surface area (Å²) in [4.78, 5) is 13.6. The van der Waals surface area contributed by atoms with Crippen LogP contribution in [0.4, 0.5) is 4.39 Å². The molecule has 1 heterocycles. The molecule has 2 atom stereocenters. The maximum Gasteiger partial charge on any atom is 0.336 e. The van der Waals surface area contributed by atoms with Gasteiger partial charge < -0.3 is 5.11 Å². The van der Waals surface area contributed by atoms with Crippen LogP contribution in [0.15, 0.2) is 18.2 Å². The third kappa shape index (κ3) is 2.57. The lowest BCUT2D eigenvalue weighted by Gasteiger charge is -2.32. The molecule has 0 aromatic heterocycles. The standard InChI is InChI=1S/C16H20FNO2/c17-13-5-6-14(16(19)20)12(9-13)10-18-8-7-11-3-1-2-4-15(11)18/h5-6,9,11,15H,1-4,7-8,10H2,(H,19,20). The summed E-state index contributed by atoms with van der Waals surface area (Å²) in [5.41, 5.74) is 0.828. The van der Waals surface area contributed by atoms with Gasteiger partial charge in [0.1, 0.15) is 5.82 Å². The molecular formula is C16H20FNO2. The molecule has 1 saturated heterocycles.